The van der Waals surface area contributed by atoms with Crippen molar-refractivity contribution >= 4 is 18.5 Å². The lowest BCUT2D eigenvalue weighted by atomic mass is 9.91. The van der Waals surface area contributed by atoms with Crippen LogP contribution in [0, 0.1) is 0 Å². The van der Waals surface area contributed by atoms with Crippen molar-refractivity contribution in [3.63, 3.8) is 0 Å². The Bertz CT molecular complexity index is 217. The van der Waals surface area contributed by atoms with Crippen molar-refractivity contribution in [2.24, 2.45) is 5.73 Å². The van der Waals surface area contributed by atoms with Gasteiger partial charge in [0.25, 0.3) is 0 Å². The van der Waals surface area contributed by atoms with Crippen LogP contribution in [0.15, 0.2) is 0 Å². The average molecular weight is 189 g/mol. The Morgan fingerprint density at radius 2 is 2.23 bits per heavy atom. The van der Waals surface area contributed by atoms with Crippen molar-refractivity contribution in [3.8, 4) is 0 Å². The zero-order valence-electron chi connectivity index (χ0n) is 7.10. The highest BCUT2D eigenvalue weighted by molar-refractivity contribution is 5.87. The lowest BCUT2D eigenvalue weighted by molar-refractivity contribution is -0.152. The molecule has 0 aliphatic carbocycles. The van der Waals surface area contributed by atoms with Gasteiger partial charge in [0.15, 0.2) is 11.8 Å². The molecular weight excluding hydrogens is 178 g/mol. The van der Waals surface area contributed by atoms with E-state index in [0.29, 0.717) is 6.29 Å². The zero-order valence-corrected chi connectivity index (χ0v) is 7.10. The van der Waals surface area contributed by atoms with Crippen LogP contribution >= 0.6 is 0 Å². The van der Waals surface area contributed by atoms with Crippen LogP contribution in [0.1, 0.15) is 6.42 Å². The van der Waals surface area contributed by atoms with Gasteiger partial charge in [-0.3, -0.25) is 4.79 Å². The third kappa shape index (κ3) is 2.33. The van der Waals surface area contributed by atoms with Gasteiger partial charge in [-0.25, -0.2) is 0 Å². The van der Waals surface area contributed by atoms with Gasteiger partial charge >= 0.3 is 5.97 Å². The molecule has 0 aliphatic rings. The number of aliphatic carboxylic acids is 1. The first kappa shape index (κ1) is 11.7. The molecule has 2 unspecified atom stereocenters. The quantitative estimate of drug-likeness (QED) is 0.496. The summed E-state index contributed by atoms with van der Waals surface area (Å²) in [6, 6.07) is 0. The number of nitrogens with two attached hydrogens (primary N) is 1. The maximum atomic E-state index is 10.6. The first-order chi connectivity index (χ1) is 6.02. The number of hydrogen-bond donors (Lipinski definition) is 2. The van der Waals surface area contributed by atoms with Crippen molar-refractivity contribution in [1.82, 2.24) is 0 Å². The Morgan fingerprint density at radius 3 is 2.46 bits per heavy atom. The summed E-state index contributed by atoms with van der Waals surface area (Å²) in [5, 5.41) is 8.67. The van der Waals surface area contributed by atoms with Crippen LogP contribution in [0.2, 0.25) is 0 Å². The lowest BCUT2D eigenvalue weighted by Gasteiger charge is -2.26. The van der Waals surface area contributed by atoms with Gasteiger partial charge in [0.2, 0.25) is 0 Å². The molecule has 0 aromatic rings. The van der Waals surface area contributed by atoms with Gasteiger partial charge < -0.3 is 25.2 Å². The molecular formula is C7H11NO5. The summed E-state index contributed by atoms with van der Waals surface area (Å²) in [5.74, 6) is -1.45. The summed E-state index contributed by atoms with van der Waals surface area (Å²) >= 11 is 0. The molecule has 13 heavy (non-hydrogen) atoms. The van der Waals surface area contributed by atoms with Crippen LogP contribution in [0.25, 0.3) is 0 Å². The molecule has 3 N–H and O–H groups in total. The van der Waals surface area contributed by atoms with E-state index in [0.717, 1.165) is 7.11 Å². The van der Waals surface area contributed by atoms with E-state index in [9.17, 15) is 14.4 Å². The minimum Gasteiger partial charge on any atom is -0.480 e. The summed E-state index contributed by atoms with van der Waals surface area (Å²) in [5.41, 5.74) is 3.36. The minimum absolute atomic E-state index is 0.262. The molecule has 74 valence electrons. The Balaban J connectivity index is 4.84. The number of carboxylic acids is 1. The van der Waals surface area contributed by atoms with Crippen LogP contribution in [-0.4, -0.2) is 42.4 Å². The first-order valence-electron chi connectivity index (χ1n) is 3.47. The second-order valence-electron chi connectivity index (χ2n) is 2.51. The predicted molar refractivity (Wildman–Crippen MR) is 42.1 cm³/mol. The van der Waals surface area contributed by atoms with Crippen molar-refractivity contribution < 1.29 is 24.2 Å². The van der Waals surface area contributed by atoms with E-state index in [2.05, 4.69) is 4.74 Å². The molecule has 6 heteroatoms. The smallest absolute Gasteiger partial charge is 0.327 e. The van der Waals surface area contributed by atoms with E-state index < -0.39 is 24.0 Å². The maximum Gasteiger partial charge on any atom is 0.327 e. The molecule has 0 saturated carbocycles. The molecule has 0 aromatic heterocycles. The van der Waals surface area contributed by atoms with Crippen LogP contribution in [0.5, 0.6) is 0 Å². The summed E-state index contributed by atoms with van der Waals surface area (Å²) < 4.78 is 4.55. The van der Waals surface area contributed by atoms with Crippen LogP contribution in [-0.2, 0) is 19.1 Å². The number of rotatable bonds is 6. The van der Waals surface area contributed by atoms with E-state index in [4.69, 9.17) is 10.8 Å². The Labute approximate surface area is 74.7 Å². The maximum absolute atomic E-state index is 10.6. The highest BCUT2D eigenvalue weighted by Crippen LogP contribution is 2.12. The number of methoxy groups -OCH3 is 1. The van der Waals surface area contributed by atoms with Crippen LogP contribution in [0.4, 0.5) is 0 Å². The zero-order chi connectivity index (χ0) is 10.5. The van der Waals surface area contributed by atoms with E-state index in [1.54, 1.807) is 0 Å². The fourth-order valence-electron chi connectivity index (χ4n) is 0.850. The predicted octanol–water partition coefficient (Wildman–Crippen LogP) is -1.43. The molecule has 0 aromatic carbocycles. The summed E-state index contributed by atoms with van der Waals surface area (Å²) in [4.78, 5) is 31.2. The SMILES string of the molecule is COC(C=O)C(N)(CC=O)C(=O)O. The second kappa shape index (κ2) is 4.68. The number of carbonyl (C=O) groups excluding carboxylic acids is 2. The molecule has 0 rings (SSSR count). The normalized spacial score (nSPS) is 17.1. The third-order valence-corrected chi connectivity index (χ3v) is 1.70. The standard InChI is InChI=1S/C7H11NO5/c1-13-5(4-10)7(8,2-3-9)6(11)12/h3-5H,2,8H2,1H3,(H,11,12). The molecule has 0 fully saturated rings. The van der Waals surface area contributed by atoms with Gasteiger partial charge in [0.05, 0.1) is 0 Å². The van der Waals surface area contributed by atoms with E-state index in [1.807, 2.05) is 0 Å². The molecule has 2 atom stereocenters. The Hall–Kier alpha value is -1.27. The largest absolute Gasteiger partial charge is 0.480 e. The Morgan fingerprint density at radius 1 is 1.69 bits per heavy atom. The molecule has 0 aliphatic heterocycles. The van der Waals surface area contributed by atoms with E-state index >= 15 is 0 Å². The van der Waals surface area contributed by atoms with Gasteiger partial charge in [-0.05, 0) is 0 Å². The van der Waals surface area contributed by atoms with E-state index in [-0.39, 0.29) is 6.29 Å². The second-order valence-corrected chi connectivity index (χ2v) is 2.51. The first-order valence-corrected chi connectivity index (χ1v) is 3.47. The number of carboxylic acid groups (broad SMARTS) is 1. The van der Waals surface area contributed by atoms with Crippen molar-refractivity contribution in [2.45, 2.75) is 18.1 Å². The van der Waals surface area contributed by atoms with Gasteiger partial charge in [-0.2, -0.15) is 0 Å². The molecule has 0 saturated heterocycles. The fourth-order valence-corrected chi connectivity index (χ4v) is 0.850. The highest BCUT2D eigenvalue weighted by Gasteiger charge is 2.42. The fraction of sp³-hybridized carbons (Fsp3) is 0.571. The summed E-state index contributed by atoms with van der Waals surface area (Å²) in [7, 11) is 1.15. The molecule has 0 radical (unpaired) electrons. The van der Waals surface area contributed by atoms with Gasteiger partial charge in [0, 0.05) is 13.5 Å². The highest BCUT2D eigenvalue weighted by atomic mass is 16.5. The number of hydrogen-bond acceptors (Lipinski definition) is 5. The molecule has 0 bridgehead atoms. The van der Waals surface area contributed by atoms with Crippen LogP contribution < -0.4 is 5.73 Å². The van der Waals surface area contributed by atoms with Crippen molar-refractivity contribution in [3.05, 3.63) is 0 Å². The van der Waals surface area contributed by atoms with Gasteiger partial charge in [0.1, 0.15) is 12.4 Å². The van der Waals surface area contributed by atoms with Crippen molar-refractivity contribution in [1.29, 1.82) is 0 Å². The molecule has 0 heterocycles. The van der Waals surface area contributed by atoms with Crippen molar-refractivity contribution in [2.75, 3.05) is 7.11 Å². The molecule has 0 spiro atoms. The summed E-state index contributed by atoms with van der Waals surface area (Å²) in [6.45, 7) is 0. The number of carbonyl (C=O) groups is 3. The van der Waals surface area contributed by atoms with Crippen LogP contribution in [0.3, 0.4) is 0 Å². The topological polar surface area (TPSA) is 107 Å². The van der Waals surface area contributed by atoms with Gasteiger partial charge in [-0.1, -0.05) is 0 Å². The molecule has 0 amide bonds. The van der Waals surface area contributed by atoms with Gasteiger partial charge in [-0.15, -0.1) is 0 Å². The number of ether oxygens (including phenoxy) is 1. The monoisotopic (exact) mass is 189 g/mol. The average Bonchev–Trinajstić information content (AvgIpc) is 2.06. The van der Waals surface area contributed by atoms with E-state index in [1.165, 1.54) is 0 Å². The third-order valence-electron chi connectivity index (χ3n) is 1.70. The Kier molecular flexibility index (Phi) is 4.22. The summed E-state index contributed by atoms with van der Waals surface area (Å²) in [6.07, 6.45) is -1.20. The number of aldehydes is 2. The molecule has 6 nitrogen and oxygen atoms in total. The minimum atomic E-state index is -1.97. The lowest BCUT2D eigenvalue weighted by Crippen LogP contribution is -2.58.